The van der Waals surface area contributed by atoms with Gasteiger partial charge in [-0.15, -0.1) is 5.10 Å². The molecule has 0 saturated carbocycles. The lowest BCUT2D eigenvalue weighted by Crippen LogP contribution is -1.99. The lowest BCUT2D eigenvalue weighted by molar-refractivity contribution is 1.06. The van der Waals surface area contributed by atoms with Crippen molar-refractivity contribution in [3.8, 4) is 0 Å². The van der Waals surface area contributed by atoms with E-state index in [-0.39, 0.29) is 0 Å². The molecule has 42 valence electrons. The van der Waals surface area contributed by atoms with Gasteiger partial charge < -0.3 is 0 Å². The second kappa shape index (κ2) is 2.38. The molecule has 1 rings (SSSR count). The second-order valence-electron chi connectivity index (χ2n) is 1.26. The Hall–Kier alpha value is -0.200. The minimum Gasteiger partial charge on any atom is -0.158 e. The van der Waals surface area contributed by atoms with E-state index in [0.29, 0.717) is 10.5 Å². The van der Waals surface area contributed by atoms with Crippen molar-refractivity contribution in [2.75, 3.05) is 0 Å². The monoisotopic (exact) mass is 146 g/mol. The fourth-order valence-corrected chi connectivity index (χ4v) is 0.584. The van der Waals surface area contributed by atoms with Crippen molar-refractivity contribution >= 4 is 26.3 Å². The van der Waals surface area contributed by atoms with Crippen molar-refractivity contribution in [3.63, 3.8) is 0 Å². The van der Waals surface area contributed by atoms with Gasteiger partial charge in [-0.05, 0) is 6.07 Å². The Kier molecular flexibility index (Phi) is 1.77. The molecule has 0 aliphatic carbocycles. The molecule has 8 heavy (non-hydrogen) atoms. The Morgan fingerprint density at radius 3 is 2.75 bits per heavy atom. The van der Waals surface area contributed by atoms with E-state index in [1.54, 1.807) is 12.3 Å². The van der Waals surface area contributed by atoms with Crippen molar-refractivity contribution in [1.82, 2.24) is 10.2 Å². The second-order valence-corrected chi connectivity index (χ2v) is 2.22. The lowest BCUT2D eigenvalue weighted by Gasteiger charge is -1.88. The molecule has 1 heterocycles. The number of nitrogens with zero attached hydrogens (tertiary/aromatic N) is 2. The Morgan fingerprint density at radius 2 is 2.38 bits per heavy atom. The summed E-state index contributed by atoms with van der Waals surface area (Å²) >= 11 is 5.59. The Balaban J connectivity index is 3.13. The van der Waals surface area contributed by atoms with Gasteiger partial charge in [-0.2, -0.15) is 5.10 Å². The molecule has 0 aliphatic rings. The molecule has 1 unspecified atom stereocenters. The van der Waals surface area contributed by atoms with E-state index in [1.807, 2.05) is 0 Å². The van der Waals surface area contributed by atoms with Crippen LogP contribution in [0.5, 0.6) is 0 Å². The highest BCUT2D eigenvalue weighted by molar-refractivity contribution is 7.27. The molecule has 0 amide bonds. The molecule has 0 fully saturated rings. The van der Waals surface area contributed by atoms with Crippen LogP contribution in [0, 0.1) is 0 Å². The normalized spacial score (nSPS) is 9.25. The number of rotatable bonds is 0. The predicted octanol–water partition coefficient (Wildman–Crippen LogP) is 0.630. The van der Waals surface area contributed by atoms with Crippen LogP contribution in [0.2, 0.25) is 5.02 Å². The highest BCUT2D eigenvalue weighted by Crippen LogP contribution is 2.01. The van der Waals surface area contributed by atoms with E-state index in [4.69, 9.17) is 11.6 Å². The van der Waals surface area contributed by atoms with Crippen molar-refractivity contribution < 1.29 is 0 Å². The third-order valence-electron chi connectivity index (χ3n) is 0.698. The summed E-state index contributed by atoms with van der Waals surface area (Å²) in [6, 6.07) is 1.69. The first-order chi connectivity index (χ1) is 3.80. The van der Waals surface area contributed by atoms with Gasteiger partial charge in [-0.1, -0.05) is 20.8 Å². The van der Waals surface area contributed by atoms with E-state index in [2.05, 4.69) is 19.4 Å². The highest BCUT2D eigenvalue weighted by Gasteiger charge is 1.89. The van der Waals surface area contributed by atoms with Gasteiger partial charge in [0.25, 0.3) is 0 Å². The van der Waals surface area contributed by atoms with Crippen molar-refractivity contribution in [2.24, 2.45) is 0 Å². The van der Waals surface area contributed by atoms with Gasteiger partial charge >= 0.3 is 0 Å². The van der Waals surface area contributed by atoms with Crippen molar-refractivity contribution in [3.05, 3.63) is 17.3 Å². The average molecular weight is 147 g/mol. The van der Waals surface area contributed by atoms with E-state index in [1.165, 1.54) is 0 Å². The van der Waals surface area contributed by atoms with Crippen LogP contribution in [-0.2, 0) is 0 Å². The molecule has 0 spiro atoms. The molecule has 0 N–H and O–H groups in total. The molecule has 0 aliphatic heterocycles. The van der Waals surface area contributed by atoms with Crippen LogP contribution in [0.1, 0.15) is 0 Å². The van der Waals surface area contributed by atoms with Crippen LogP contribution in [-0.4, -0.2) is 10.2 Å². The molecule has 2 nitrogen and oxygen atoms in total. The minimum absolute atomic E-state index is 0.630. The zero-order chi connectivity index (χ0) is 5.98. The van der Waals surface area contributed by atoms with Gasteiger partial charge in [-0.3, -0.25) is 0 Å². The average Bonchev–Trinajstić information content (AvgIpc) is 1.77. The number of aromatic nitrogens is 2. The van der Waals surface area contributed by atoms with Crippen molar-refractivity contribution in [1.29, 1.82) is 0 Å². The quantitative estimate of drug-likeness (QED) is 0.502. The Morgan fingerprint density at radius 1 is 1.62 bits per heavy atom. The van der Waals surface area contributed by atoms with E-state index < -0.39 is 0 Å². The molecule has 0 saturated heterocycles. The van der Waals surface area contributed by atoms with Gasteiger partial charge in [-0.25, -0.2) is 0 Å². The van der Waals surface area contributed by atoms with Gasteiger partial charge in [0, 0.05) is 0 Å². The fraction of sp³-hybridized carbons (Fsp3) is 0. The van der Waals surface area contributed by atoms with E-state index in [9.17, 15) is 0 Å². The summed E-state index contributed by atoms with van der Waals surface area (Å²) in [5.74, 6) is 0. The smallest absolute Gasteiger partial charge is 0.0980 e. The molecule has 0 radical (unpaired) electrons. The summed E-state index contributed by atoms with van der Waals surface area (Å²) in [6.45, 7) is 0. The van der Waals surface area contributed by atoms with Crippen molar-refractivity contribution in [2.45, 2.75) is 0 Å². The fourth-order valence-electron chi connectivity index (χ4n) is 0.327. The zero-order valence-electron chi connectivity index (χ0n) is 4.00. The largest absolute Gasteiger partial charge is 0.158 e. The summed E-state index contributed by atoms with van der Waals surface area (Å²) in [7, 11) is 2.38. The predicted molar refractivity (Wildman–Crippen MR) is 36.4 cm³/mol. The van der Waals surface area contributed by atoms with Gasteiger partial charge in [0.2, 0.25) is 0 Å². The van der Waals surface area contributed by atoms with Crippen LogP contribution >= 0.6 is 20.8 Å². The molecular formula is C4H4ClN2P. The minimum atomic E-state index is 0.630. The molecule has 1 aromatic rings. The standard InChI is InChI=1S/C4H4ClN2P/c5-3-1-2-6-7-4(3)8/h1-2H,8H2. The number of halogens is 1. The van der Waals surface area contributed by atoms with Crippen LogP contribution in [0.4, 0.5) is 0 Å². The first kappa shape index (κ1) is 5.93. The summed E-state index contributed by atoms with van der Waals surface area (Å²) in [6.07, 6.45) is 1.55. The topological polar surface area (TPSA) is 25.8 Å². The van der Waals surface area contributed by atoms with Crippen LogP contribution in [0.3, 0.4) is 0 Å². The summed E-state index contributed by atoms with van der Waals surface area (Å²) in [4.78, 5) is 0. The maximum Gasteiger partial charge on any atom is 0.0980 e. The summed E-state index contributed by atoms with van der Waals surface area (Å²) in [5, 5.41) is 7.88. The van der Waals surface area contributed by atoms with E-state index in [0.717, 1.165) is 0 Å². The van der Waals surface area contributed by atoms with Crippen LogP contribution < -0.4 is 5.44 Å². The van der Waals surface area contributed by atoms with E-state index >= 15 is 0 Å². The maximum absolute atomic E-state index is 5.59. The number of hydrogen-bond donors (Lipinski definition) is 0. The van der Waals surface area contributed by atoms with Gasteiger partial charge in [0.1, 0.15) is 0 Å². The molecular weight excluding hydrogens is 142 g/mol. The zero-order valence-corrected chi connectivity index (χ0v) is 5.92. The third-order valence-corrected chi connectivity index (χ3v) is 1.63. The maximum atomic E-state index is 5.59. The molecule has 0 bridgehead atoms. The lowest BCUT2D eigenvalue weighted by atomic mass is 10.6. The number of hydrogen-bond acceptors (Lipinski definition) is 2. The first-order valence-corrected chi connectivity index (χ1v) is 2.99. The summed E-state index contributed by atoms with van der Waals surface area (Å²) < 4.78 is 0. The van der Waals surface area contributed by atoms with Crippen LogP contribution in [0.15, 0.2) is 12.3 Å². The molecule has 1 atom stereocenters. The first-order valence-electron chi connectivity index (χ1n) is 2.03. The van der Waals surface area contributed by atoms with Gasteiger partial charge in [0.15, 0.2) is 0 Å². The summed E-state index contributed by atoms with van der Waals surface area (Å²) in [5.41, 5.74) is 0.689. The molecule has 4 heteroatoms. The SMILES string of the molecule is Pc1nnccc1Cl. The molecule has 0 aromatic carbocycles. The van der Waals surface area contributed by atoms with Crippen LogP contribution in [0.25, 0.3) is 0 Å². The highest BCUT2D eigenvalue weighted by atomic mass is 35.5. The third kappa shape index (κ3) is 1.15. The van der Waals surface area contributed by atoms with Gasteiger partial charge in [0.05, 0.1) is 16.7 Å². The molecule has 1 aromatic heterocycles. The Bertz CT molecular complexity index is 170. The Labute approximate surface area is 54.5 Å².